The Kier molecular flexibility index (Phi) is 5.70. The number of ether oxygens (including phenoxy) is 1. The van der Waals surface area contributed by atoms with Gasteiger partial charge in [0.1, 0.15) is 0 Å². The van der Waals surface area contributed by atoms with E-state index in [4.69, 9.17) is 4.74 Å². The van der Waals surface area contributed by atoms with Gasteiger partial charge in [0, 0.05) is 5.54 Å². The van der Waals surface area contributed by atoms with Gasteiger partial charge >= 0.3 is 0 Å². The number of nitrogens with zero attached hydrogens (tertiary/aromatic N) is 1. The third-order valence-electron chi connectivity index (χ3n) is 5.52. The Morgan fingerprint density at radius 3 is 1.96 bits per heavy atom. The molecule has 0 atom stereocenters. The highest BCUT2D eigenvalue weighted by Crippen LogP contribution is 2.36. The maximum atomic E-state index is 6.17. The monoisotopic (exact) mass is 323 g/mol. The van der Waals surface area contributed by atoms with Gasteiger partial charge in [-0.1, -0.05) is 60.7 Å². The van der Waals surface area contributed by atoms with Crippen molar-refractivity contribution in [2.75, 3.05) is 14.1 Å². The second-order valence-electron chi connectivity index (χ2n) is 7.28. The molecule has 1 fully saturated rings. The minimum atomic E-state index is 0.272. The van der Waals surface area contributed by atoms with Crippen molar-refractivity contribution in [3.05, 3.63) is 71.8 Å². The molecule has 1 aliphatic carbocycles. The molecular weight excluding hydrogens is 294 g/mol. The van der Waals surface area contributed by atoms with Crippen LogP contribution in [0.25, 0.3) is 0 Å². The maximum Gasteiger partial charge on any atom is 0.0720 e. The maximum absolute atomic E-state index is 6.17. The lowest BCUT2D eigenvalue weighted by molar-refractivity contribution is -0.0230. The number of benzene rings is 2. The highest BCUT2D eigenvalue weighted by atomic mass is 16.5. The fourth-order valence-corrected chi connectivity index (χ4v) is 3.84. The van der Waals surface area contributed by atoms with Gasteiger partial charge in [0.15, 0.2) is 0 Å². The molecule has 0 aromatic heterocycles. The smallest absolute Gasteiger partial charge is 0.0720 e. The van der Waals surface area contributed by atoms with Crippen LogP contribution in [0, 0.1) is 0 Å². The molecule has 0 aliphatic heterocycles. The predicted molar refractivity (Wildman–Crippen MR) is 100 cm³/mol. The summed E-state index contributed by atoms with van der Waals surface area (Å²) in [6, 6.07) is 21.4. The minimum Gasteiger partial charge on any atom is -0.374 e. The molecule has 24 heavy (non-hydrogen) atoms. The van der Waals surface area contributed by atoms with E-state index in [2.05, 4.69) is 79.7 Å². The molecule has 0 heterocycles. The number of hydrogen-bond donors (Lipinski definition) is 0. The molecule has 0 bridgehead atoms. The van der Waals surface area contributed by atoms with Crippen LogP contribution in [0.2, 0.25) is 0 Å². The lowest BCUT2D eigenvalue weighted by Gasteiger charge is -2.45. The summed E-state index contributed by atoms with van der Waals surface area (Å²) in [5.41, 5.74) is 2.98. The van der Waals surface area contributed by atoms with Crippen LogP contribution < -0.4 is 0 Å². The van der Waals surface area contributed by atoms with E-state index in [0.717, 1.165) is 25.9 Å². The summed E-state index contributed by atoms with van der Waals surface area (Å²) in [5.74, 6) is 0. The van der Waals surface area contributed by atoms with Crippen LogP contribution in [0.3, 0.4) is 0 Å². The van der Waals surface area contributed by atoms with Gasteiger partial charge in [-0.3, -0.25) is 0 Å². The standard InChI is InChI=1S/C22H29NO/c1-23(2)22(17-19-9-5-3-6-10-19)15-13-21(14-16-22)24-18-20-11-7-4-8-12-20/h3-12,21H,13-18H2,1-2H3/t21-,22-. The molecular formula is C22H29NO. The van der Waals surface area contributed by atoms with Gasteiger partial charge in [-0.25, -0.2) is 0 Å². The Morgan fingerprint density at radius 1 is 0.875 bits per heavy atom. The molecule has 1 saturated carbocycles. The first-order chi connectivity index (χ1) is 11.7. The second kappa shape index (κ2) is 7.96. The van der Waals surface area contributed by atoms with E-state index in [0.29, 0.717) is 6.10 Å². The zero-order chi connectivity index (χ0) is 16.8. The van der Waals surface area contributed by atoms with Crippen molar-refractivity contribution in [3.63, 3.8) is 0 Å². The molecule has 2 aromatic rings. The number of likely N-dealkylation sites (N-methyl/N-ethyl adjacent to an activating group) is 1. The molecule has 0 spiro atoms. The first-order valence-corrected chi connectivity index (χ1v) is 9.05. The Hall–Kier alpha value is -1.64. The van der Waals surface area contributed by atoms with Crippen LogP contribution in [0.1, 0.15) is 36.8 Å². The summed E-state index contributed by atoms with van der Waals surface area (Å²) in [6.07, 6.45) is 6.24. The average Bonchev–Trinajstić information content (AvgIpc) is 2.63. The predicted octanol–water partition coefficient (Wildman–Crippen LogP) is 4.69. The lowest BCUT2D eigenvalue weighted by atomic mass is 9.75. The van der Waals surface area contributed by atoms with E-state index in [1.165, 1.54) is 24.0 Å². The third-order valence-corrected chi connectivity index (χ3v) is 5.52. The van der Waals surface area contributed by atoms with Crippen molar-refractivity contribution in [1.82, 2.24) is 4.90 Å². The van der Waals surface area contributed by atoms with Gasteiger partial charge in [-0.2, -0.15) is 0 Å². The van der Waals surface area contributed by atoms with Gasteiger partial charge in [-0.05, 0) is 57.3 Å². The molecule has 0 N–H and O–H groups in total. The molecule has 1 aliphatic rings. The molecule has 0 unspecified atom stereocenters. The highest BCUT2D eigenvalue weighted by molar-refractivity contribution is 5.18. The van der Waals surface area contributed by atoms with Crippen molar-refractivity contribution in [1.29, 1.82) is 0 Å². The Morgan fingerprint density at radius 2 is 1.42 bits per heavy atom. The van der Waals surface area contributed by atoms with Crippen molar-refractivity contribution in [2.24, 2.45) is 0 Å². The quantitative estimate of drug-likeness (QED) is 0.765. The van der Waals surface area contributed by atoms with Crippen molar-refractivity contribution >= 4 is 0 Å². The Bertz CT molecular complexity index is 600. The molecule has 128 valence electrons. The Balaban J connectivity index is 1.56. The van der Waals surface area contributed by atoms with E-state index in [9.17, 15) is 0 Å². The van der Waals surface area contributed by atoms with Crippen LogP contribution in [0.5, 0.6) is 0 Å². The second-order valence-corrected chi connectivity index (χ2v) is 7.28. The third kappa shape index (κ3) is 4.25. The molecule has 0 radical (unpaired) electrons. The summed E-state index contributed by atoms with van der Waals surface area (Å²) in [7, 11) is 4.46. The minimum absolute atomic E-state index is 0.272. The molecule has 2 aromatic carbocycles. The van der Waals surface area contributed by atoms with Crippen molar-refractivity contribution in [2.45, 2.75) is 50.4 Å². The Labute approximate surface area is 146 Å². The molecule has 0 saturated heterocycles. The van der Waals surface area contributed by atoms with Crippen LogP contribution in [0.15, 0.2) is 60.7 Å². The largest absolute Gasteiger partial charge is 0.374 e. The summed E-state index contributed by atoms with van der Waals surface area (Å²) in [6.45, 7) is 0.735. The van der Waals surface area contributed by atoms with Crippen molar-refractivity contribution < 1.29 is 4.74 Å². The molecule has 3 rings (SSSR count). The van der Waals surface area contributed by atoms with E-state index in [-0.39, 0.29) is 5.54 Å². The zero-order valence-electron chi connectivity index (χ0n) is 14.9. The van der Waals surface area contributed by atoms with Gasteiger partial charge in [0.2, 0.25) is 0 Å². The average molecular weight is 323 g/mol. The fraction of sp³-hybridized carbons (Fsp3) is 0.455. The van der Waals surface area contributed by atoms with Crippen LogP contribution in [-0.2, 0) is 17.8 Å². The van der Waals surface area contributed by atoms with E-state index < -0.39 is 0 Å². The summed E-state index contributed by atoms with van der Waals surface area (Å²) in [5, 5.41) is 0. The summed E-state index contributed by atoms with van der Waals surface area (Å²) in [4.78, 5) is 2.44. The number of hydrogen-bond acceptors (Lipinski definition) is 2. The fourth-order valence-electron chi connectivity index (χ4n) is 3.84. The first-order valence-electron chi connectivity index (χ1n) is 9.05. The van der Waals surface area contributed by atoms with E-state index >= 15 is 0 Å². The normalized spacial score (nSPS) is 24.2. The first kappa shape index (κ1) is 17.2. The zero-order valence-corrected chi connectivity index (χ0v) is 14.9. The molecule has 0 amide bonds. The van der Waals surface area contributed by atoms with E-state index in [1.807, 2.05) is 0 Å². The molecule has 2 heteroatoms. The summed E-state index contributed by atoms with van der Waals surface area (Å²) >= 11 is 0. The highest BCUT2D eigenvalue weighted by Gasteiger charge is 2.37. The molecule has 2 nitrogen and oxygen atoms in total. The van der Waals surface area contributed by atoms with Gasteiger partial charge in [0.25, 0.3) is 0 Å². The van der Waals surface area contributed by atoms with Crippen molar-refractivity contribution in [3.8, 4) is 0 Å². The van der Waals surface area contributed by atoms with Gasteiger partial charge in [0.05, 0.1) is 12.7 Å². The van der Waals surface area contributed by atoms with Crippen LogP contribution >= 0.6 is 0 Å². The van der Waals surface area contributed by atoms with Crippen LogP contribution in [0.4, 0.5) is 0 Å². The number of rotatable bonds is 6. The summed E-state index contributed by atoms with van der Waals surface area (Å²) < 4.78 is 6.17. The SMILES string of the molecule is CN(C)[C@]1(Cc2ccccc2)CC[C@@H](OCc2ccccc2)CC1. The van der Waals surface area contributed by atoms with Crippen LogP contribution in [-0.4, -0.2) is 30.6 Å². The van der Waals surface area contributed by atoms with Gasteiger partial charge < -0.3 is 9.64 Å². The van der Waals surface area contributed by atoms with Gasteiger partial charge in [-0.15, -0.1) is 0 Å². The lowest BCUT2D eigenvalue weighted by Crippen LogP contribution is -2.49. The topological polar surface area (TPSA) is 12.5 Å². The van der Waals surface area contributed by atoms with E-state index in [1.54, 1.807) is 0 Å².